The smallest absolute Gasteiger partial charge is 0.254 e. The molecule has 4 rings (SSSR count). The third-order valence-corrected chi connectivity index (χ3v) is 9.03. The summed E-state index contributed by atoms with van der Waals surface area (Å²) in [5.41, 5.74) is 0.833. The molecule has 194 valence electrons. The summed E-state index contributed by atoms with van der Waals surface area (Å²) >= 11 is 0. The number of anilines is 1. The first-order valence-corrected chi connectivity index (χ1v) is 13.6. The molecule has 0 spiro atoms. The van der Waals surface area contributed by atoms with Gasteiger partial charge in [0.25, 0.3) is 5.91 Å². The monoisotopic (exact) mass is 513 g/mol. The van der Waals surface area contributed by atoms with Crippen molar-refractivity contribution in [3.63, 3.8) is 0 Å². The Balaban J connectivity index is 1.47. The molecule has 1 N–H and O–H groups in total. The van der Waals surface area contributed by atoms with Gasteiger partial charge in [-0.25, -0.2) is 8.42 Å². The molecule has 9 heteroatoms. The van der Waals surface area contributed by atoms with E-state index in [9.17, 15) is 18.0 Å². The van der Waals surface area contributed by atoms with Crippen molar-refractivity contribution in [1.82, 2.24) is 9.21 Å². The van der Waals surface area contributed by atoms with E-state index < -0.39 is 15.9 Å². The molecule has 2 bridgehead atoms. The molecule has 36 heavy (non-hydrogen) atoms. The number of nitrogens with zero attached hydrogens (tertiary/aromatic N) is 2. The second kappa shape index (κ2) is 9.52. The van der Waals surface area contributed by atoms with Gasteiger partial charge >= 0.3 is 0 Å². The highest BCUT2D eigenvalue weighted by atomic mass is 32.2. The minimum Gasteiger partial charge on any atom is -0.497 e. The maximum absolute atomic E-state index is 13.6. The van der Waals surface area contributed by atoms with Crippen LogP contribution in [-0.2, 0) is 14.8 Å². The first kappa shape index (κ1) is 26.2. The van der Waals surface area contributed by atoms with E-state index in [4.69, 9.17) is 4.74 Å². The zero-order valence-electron chi connectivity index (χ0n) is 21.6. The molecule has 2 fully saturated rings. The summed E-state index contributed by atoms with van der Waals surface area (Å²) in [5, 5.41) is 2.74. The van der Waals surface area contributed by atoms with Crippen molar-refractivity contribution < 1.29 is 22.7 Å². The molecule has 0 radical (unpaired) electrons. The fourth-order valence-electron chi connectivity index (χ4n) is 6.02. The summed E-state index contributed by atoms with van der Waals surface area (Å²) in [6.07, 6.45) is 2.68. The molecule has 2 atom stereocenters. The Labute approximate surface area is 213 Å². The number of rotatable bonds is 7. The number of amides is 2. The number of hydrogen-bond donors (Lipinski definition) is 1. The Morgan fingerprint density at radius 2 is 1.83 bits per heavy atom. The van der Waals surface area contributed by atoms with Crippen LogP contribution in [0.1, 0.15) is 50.4 Å². The second-order valence-electron chi connectivity index (χ2n) is 11.2. The van der Waals surface area contributed by atoms with Gasteiger partial charge in [0.1, 0.15) is 5.75 Å². The Kier molecular flexibility index (Phi) is 6.92. The van der Waals surface area contributed by atoms with Gasteiger partial charge in [-0.05, 0) is 60.4 Å². The predicted octanol–water partition coefficient (Wildman–Crippen LogP) is 4.00. The lowest BCUT2D eigenvalue weighted by molar-refractivity contribution is -0.116. The number of hydrogen-bond acceptors (Lipinski definition) is 5. The Hall–Kier alpha value is -2.91. The molecule has 2 amide bonds. The van der Waals surface area contributed by atoms with Crippen LogP contribution in [0.3, 0.4) is 0 Å². The summed E-state index contributed by atoms with van der Waals surface area (Å²) < 4.78 is 34.1. The van der Waals surface area contributed by atoms with Crippen LogP contribution in [0.25, 0.3) is 0 Å². The zero-order valence-corrected chi connectivity index (χ0v) is 22.4. The van der Waals surface area contributed by atoms with Crippen LogP contribution in [0.4, 0.5) is 5.69 Å². The van der Waals surface area contributed by atoms with Gasteiger partial charge in [0.2, 0.25) is 15.9 Å². The van der Waals surface area contributed by atoms with Crippen molar-refractivity contribution in [2.24, 2.45) is 10.8 Å². The second-order valence-corrected chi connectivity index (χ2v) is 13.1. The molecule has 1 saturated heterocycles. The van der Waals surface area contributed by atoms with Crippen molar-refractivity contribution in [2.75, 3.05) is 32.6 Å². The van der Waals surface area contributed by atoms with Crippen LogP contribution in [0.5, 0.6) is 5.75 Å². The Morgan fingerprint density at radius 3 is 2.56 bits per heavy atom. The van der Waals surface area contributed by atoms with Gasteiger partial charge in [0.05, 0.1) is 18.6 Å². The highest BCUT2D eigenvalue weighted by molar-refractivity contribution is 7.89. The molecular formula is C27H35N3O5S. The van der Waals surface area contributed by atoms with E-state index in [1.807, 2.05) is 0 Å². The first-order chi connectivity index (χ1) is 16.8. The minimum absolute atomic E-state index is 0.0360. The van der Waals surface area contributed by atoms with E-state index in [1.54, 1.807) is 47.8 Å². The number of likely N-dealkylation sites (N-methyl/N-ethyl adjacent to an activating group) is 1. The highest BCUT2D eigenvalue weighted by Crippen LogP contribution is 2.53. The number of benzene rings is 2. The van der Waals surface area contributed by atoms with Gasteiger partial charge in [-0.1, -0.05) is 32.9 Å². The van der Waals surface area contributed by atoms with Crippen LogP contribution in [0, 0.1) is 10.8 Å². The molecule has 2 aliphatic rings. The molecule has 1 heterocycles. The highest BCUT2D eigenvalue weighted by Gasteiger charge is 2.53. The maximum atomic E-state index is 13.6. The first-order valence-electron chi connectivity index (χ1n) is 12.1. The topological polar surface area (TPSA) is 96.0 Å². The standard InChI is InChI=1S/C27H35N3O5S/c1-26(2)14-21-15-27(3,17-26)18-30(21)36(33,34)23-11-6-8-19(12-23)25(32)29(4)16-24(31)28-20-9-7-10-22(13-20)35-5/h6-13,21H,14-18H2,1-5H3,(H,28,31)/t21-,27+/m1/s1. The van der Waals surface area contributed by atoms with Gasteiger partial charge in [0.15, 0.2) is 0 Å². The van der Waals surface area contributed by atoms with E-state index in [0.29, 0.717) is 18.0 Å². The third-order valence-electron chi connectivity index (χ3n) is 7.14. The quantitative estimate of drug-likeness (QED) is 0.604. The normalized spacial score (nSPS) is 23.2. The number of nitrogens with one attached hydrogen (secondary N) is 1. The van der Waals surface area contributed by atoms with Crippen LogP contribution < -0.4 is 10.1 Å². The van der Waals surface area contributed by atoms with Crippen molar-refractivity contribution >= 4 is 27.5 Å². The van der Waals surface area contributed by atoms with E-state index >= 15 is 0 Å². The van der Waals surface area contributed by atoms with E-state index in [-0.39, 0.29) is 39.8 Å². The van der Waals surface area contributed by atoms with Gasteiger partial charge < -0.3 is 15.0 Å². The fourth-order valence-corrected chi connectivity index (χ4v) is 7.84. The molecule has 2 aromatic carbocycles. The summed E-state index contributed by atoms with van der Waals surface area (Å²) in [5.74, 6) is -0.195. The lowest BCUT2D eigenvalue weighted by atomic mass is 9.65. The van der Waals surface area contributed by atoms with Crippen LogP contribution in [-0.4, -0.2) is 62.7 Å². The van der Waals surface area contributed by atoms with Crippen molar-refractivity contribution in [3.8, 4) is 5.75 Å². The molecule has 1 aliphatic heterocycles. The third kappa shape index (κ3) is 5.42. The largest absolute Gasteiger partial charge is 0.497 e. The lowest BCUT2D eigenvalue weighted by Gasteiger charge is -2.39. The van der Waals surface area contributed by atoms with E-state index in [0.717, 1.165) is 19.3 Å². The molecule has 2 aromatic rings. The van der Waals surface area contributed by atoms with Gasteiger partial charge in [-0.15, -0.1) is 0 Å². The van der Waals surface area contributed by atoms with Gasteiger partial charge in [-0.3, -0.25) is 9.59 Å². The number of carbonyl (C=O) groups is 2. The number of sulfonamides is 1. The molecule has 0 aromatic heterocycles. The zero-order chi connectivity index (χ0) is 26.3. The maximum Gasteiger partial charge on any atom is 0.254 e. The van der Waals surface area contributed by atoms with Crippen molar-refractivity contribution in [3.05, 3.63) is 54.1 Å². The number of fused-ring (bicyclic) bond motifs is 2. The molecule has 1 saturated carbocycles. The summed E-state index contributed by atoms with van der Waals surface area (Å²) in [7, 11) is -0.707. The summed E-state index contributed by atoms with van der Waals surface area (Å²) in [6, 6.07) is 13.0. The van der Waals surface area contributed by atoms with Crippen LogP contribution >= 0.6 is 0 Å². The Bertz CT molecular complexity index is 1280. The minimum atomic E-state index is -3.76. The number of carbonyl (C=O) groups excluding carboxylic acids is 2. The Morgan fingerprint density at radius 1 is 1.11 bits per heavy atom. The molecular weight excluding hydrogens is 478 g/mol. The average molecular weight is 514 g/mol. The van der Waals surface area contributed by atoms with Crippen LogP contribution in [0.15, 0.2) is 53.4 Å². The average Bonchev–Trinajstić information content (AvgIpc) is 3.07. The van der Waals surface area contributed by atoms with Crippen LogP contribution in [0.2, 0.25) is 0 Å². The van der Waals surface area contributed by atoms with Gasteiger partial charge in [-0.2, -0.15) is 4.31 Å². The SMILES string of the molecule is COc1cccc(NC(=O)CN(C)C(=O)c2cccc(S(=O)(=O)N3C[C@@]4(C)C[C@H]3CC(C)(C)C4)c2)c1. The fraction of sp³-hybridized carbons (Fsp3) is 0.481. The number of methoxy groups -OCH3 is 1. The number of ether oxygens (including phenoxy) is 1. The summed E-state index contributed by atoms with van der Waals surface area (Å²) in [6.45, 7) is 6.88. The molecule has 1 aliphatic carbocycles. The van der Waals surface area contributed by atoms with Gasteiger partial charge in [0, 0.05) is 37.0 Å². The van der Waals surface area contributed by atoms with Crippen molar-refractivity contribution in [2.45, 2.75) is 51.0 Å². The lowest BCUT2D eigenvalue weighted by Crippen LogP contribution is -2.38. The summed E-state index contributed by atoms with van der Waals surface area (Å²) in [4.78, 5) is 26.9. The van der Waals surface area contributed by atoms with Crippen molar-refractivity contribution in [1.29, 1.82) is 0 Å². The van der Waals surface area contributed by atoms with E-state index in [2.05, 4.69) is 26.1 Å². The molecule has 0 unspecified atom stereocenters. The molecule has 8 nitrogen and oxygen atoms in total. The predicted molar refractivity (Wildman–Crippen MR) is 138 cm³/mol. The van der Waals surface area contributed by atoms with E-state index in [1.165, 1.54) is 24.1 Å².